The molecule has 2 rings (SSSR count). The van der Waals surface area contributed by atoms with E-state index in [0.717, 1.165) is 17.2 Å². The van der Waals surface area contributed by atoms with E-state index in [9.17, 15) is 5.26 Å². The molecule has 0 bridgehead atoms. The van der Waals surface area contributed by atoms with Crippen LogP contribution in [0.3, 0.4) is 0 Å². The second kappa shape index (κ2) is 4.92. The summed E-state index contributed by atoms with van der Waals surface area (Å²) in [5.74, 6) is 0.760. The normalized spacial score (nSPS) is 10.4. The van der Waals surface area contributed by atoms with Crippen molar-refractivity contribution in [3.63, 3.8) is 0 Å². The zero-order valence-electron chi connectivity index (χ0n) is 10.8. The largest absolute Gasteiger partial charge is 0.367 e. The Labute approximate surface area is 107 Å². The van der Waals surface area contributed by atoms with E-state index in [-0.39, 0.29) is 6.04 Å². The second-order valence-electron chi connectivity index (χ2n) is 4.47. The molecule has 1 aromatic heterocycles. The van der Waals surface area contributed by atoms with E-state index < -0.39 is 0 Å². The first-order valence-electron chi connectivity index (χ1n) is 5.95. The third-order valence-corrected chi connectivity index (χ3v) is 2.60. The molecule has 0 atom stereocenters. The van der Waals surface area contributed by atoms with E-state index >= 15 is 0 Å². The van der Waals surface area contributed by atoms with E-state index in [1.165, 1.54) is 0 Å². The molecule has 4 nitrogen and oxygen atoms in total. The maximum atomic E-state index is 9.23. The summed E-state index contributed by atoms with van der Waals surface area (Å²) in [5, 5.41) is 17.0. The number of para-hydroxylation sites is 1. The predicted molar refractivity (Wildman–Crippen MR) is 71.8 cm³/mol. The van der Waals surface area contributed by atoms with Crippen molar-refractivity contribution in [2.75, 3.05) is 5.32 Å². The maximum Gasteiger partial charge on any atom is 0.148 e. The Morgan fingerprint density at radius 3 is 2.50 bits per heavy atom. The molecule has 18 heavy (non-hydrogen) atoms. The first-order chi connectivity index (χ1) is 8.63. The number of hydrogen-bond acceptors (Lipinski definition) is 3. The molecule has 0 unspecified atom stereocenters. The highest BCUT2D eigenvalue weighted by atomic mass is 15.3. The van der Waals surface area contributed by atoms with Crippen LogP contribution < -0.4 is 5.32 Å². The van der Waals surface area contributed by atoms with Crippen LogP contribution in [0, 0.1) is 18.3 Å². The third-order valence-electron chi connectivity index (χ3n) is 2.60. The number of benzene rings is 1. The summed E-state index contributed by atoms with van der Waals surface area (Å²) in [6.45, 7) is 5.93. The number of hydrogen-bond donors (Lipinski definition) is 1. The van der Waals surface area contributed by atoms with Gasteiger partial charge in [-0.2, -0.15) is 10.4 Å². The molecule has 1 heterocycles. The Morgan fingerprint density at radius 2 is 1.94 bits per heavy atom. The molecular weight excluding hydrogens is 224 g/mol. The Morgan fingerprint density at radius 1 is 1.28 bits per heavy atom. The average Bonchev–Trinajstić information content (AvgIpc) is 2.66. The van der Waals surface area contributed by atoms with Crippen LogP contribution in [0.1, 0.15) is 25.1 Å². The highest BCUT2D eigenvalue weighted by Gasteiger charge is 2.16. The summed E-state index contributed by atoms with van der Waals surface area (Å²) in [5.41, 5.74) is 2.29. The number of nitriles is 1. The predicted octanol–water partition coefficient (Wildman–Crippen LogP) is 2.87. The lowest BCUT2D eigenvalue weighted by Gasteiger charge is -2.12. The molecule has 1 N–H and O–H groups in total. The molecular formula is C14H16N4. The molecule has 0 aliphatic rings. The van der Waals surface area contributed by atoms with Crippen molar-refractivity contribution in [1.29, 1.82) is 5.26 Å². The van der Waals surface area contributed by atoms with Crippen molar-refractivity contribution in [3.8, 4) is 11.8 Å². The van der Waals surface area contributed by atoms with Crippen molar-refractivity contribution < 1.29 is 0 Å². The molecule has 2 aromatic rings. The van der Waals surface area contributed by atoms with Crippen LogP contribution in [0.25, 0.3) is 5.69 Å². The molecule has 0 amide bonds. The van der Waals surface area contributed by atoms with E-state index in [4.69, 9.17) is 0 Å². The summed E-state index contributed by atoms with van der Waals surface area (Å²) in [6.07, 6.45) is 0. The SMILES string of the molecule is Cc1nn(-c2ccccc2)c(NC(C)C)c1C#N. The van der Waals surface area contributed by atoms with Crippen molar-refractivity contribution in [1.82, 2.24) is 9.78 Å². The van der Waals surface area contributed by atoms with Crippen LogP contribution in [0.5, 0.6) is 0 Å². The fourth-order valence-corrected chi connectivity index (χ4v) is 1.82. The average molecular weight is 240 g/mol. The molecule has 0 spiro atoms. The summed E-state index contributed by atoms with van der Waals surface area (Å²) in [7, 11) is 0. The lowest BCUT2D eigenvalue weighted by atomic mass is 10.2. The van der Waals surface area contributed by atoms with Crippen LogP contribution in [0.2, 0.25) is 0 Å². The molecule has 0 aliphatic heterocycles. The van der Waals surface area contributed by atoms with Crippen LogP contribution in [0.4, 0.5) is 5.82 Å². The van der Waals surface area contributed by atoms with Gasteiger partial charge in [0, 0.05) is 6.04 Å². The van der Waals surface area contributed by atoms with E-state index in [1.807, 2.05) is 51.1 Å². The monoisotopic (exact) mass is 240 g/mol. The number of aryl methyl sites for hydroxylation is 1. The Balaban J connectivity index is 2.58. The van der Waals surface area contributed by atoms with Gasteiger partial charge in [-0.3, -0.25) is 0 Å². The van der Waals surface area contributed by atoms with Gasteiger partial charge < -0.3 is 5.32 Å². The third kappa shape index (κ3) is 2.21. The summed E-state index contributed by atoms with van der Waals surface area (Å²) >= 11 is 0. The number of anilines is 1. The van der Waals surface area contributed by atoms with Gasteiger partial charge in [0.25, 0.3) is 0 Å². The molecule has 1 aromatic carbocycles. The number of rotatable bonds is 3. The van der Waals surface area contributed by atoms with Gasteiger partial charge in [-0.1, -0.05) is 18.2 Å². The van der Waals surface area contributed by atoms with Gasteiger partial charge in [-0.05, 0) is 32.9 Å². The zero-order valence-corrected chi connectivity index (χ0v) is 10.8. The molecule has 0 saturated heterocycles. The molecule has 0 saturated carbocycles. The van der Waals surface area contributed by atoms with Crippen molar-refractivity contribution >= 4 is 5.82 Å². The standard InChI is InChI=1S/C14H16N4/c1-10(2)16-14-13(9-15)11(3)17-18(14)12-7-5-4-6-8-12/h4-8,10,16H,1-3H3. The summed E-state index contributed by atoms with van der Waals surface area (Å²) in [4.78, 5) is 0. The van der Waals surface area contributed by atoms with Crippen LogP contribution in [-0.4, -0.2) is 15.8 Å². The fraction of sp³-hybridized carbons (Fsp3) is 0.286. The molecule has 0 radical (unpaired) electrons. The van der Waals surface area contributed by atoms with E-state index in [1.54, 1.807) is 4.68 Å². The zero-order chi connectivity index (χ0) is 13.1. The van der Waals surface area contributed by atoms with Crippen molar-refractivity contribution in [2.24, 2.45) is 0 Å². The molecule has 0 aliphatic carbocycles. The Bertz CT molecular complexity index is 576. The maximum absolute atomic E-state index is 9.23. The summed E-state index contributed by atoms with van der Waals surface area (Å²) in [6, 6.07) is 12.3. The topological polar surface area (TPSA) is 53.6 Å². The van der Waals surface area contributed by atoms with Gasteiger partial charge in [0.15, 0.2) is 0 Å². The fourth-order valence-electron chi connectivity index (χ4n) is 1.82. The molecule has 4 heteroatoms. The minimum Gasteiger partial charge on any atom is -0.367 e. The highest BCUT2D eigenvalue weighted by Crippen LogP contribution is 2.23. The van der Waals surface area contributed by atoms with Crippen LogP contribution in [-0.2, 0) is 0 Å². The highest BCUT2D eigenvalue weighted by molar-refractivity contribution is 5.59. The first kappa shape index (κ1) is 12.2. The minimum atomic E-state index is 0.246. The molecule has 92 valence electrons. The van der Waals surface area contributed by atoms with E-state index in [2.05, 4.69) is 16.5 Å². The van der Waals surface area contributed by atoms with Gasteiger partial charge in [0.2, 0.25) is 0 Å². The van der Waals surface area contributed by atoms with Gasteiger partial charge in [0.1, 0.15) is 17.5 Å². The quantitative estimate of drug-likeness (QED) is 0.897. The van der Waals surface area contributed by atoms with Gasteiger partial charge >= 0.3 is 0 Å². The lowest BCUT2D eigenvalue weighted by molar-refractivity contribution is 0.824. The molecule has 0 fully saturated rings. The number of nitrogens with one attached hydrogen (secondary N) is 1. The minimum absolute atomic E-state index is 0.246. The smallest absolute Gasteiger partial charge is 0.148 e. The summed E-state index contributed by atoms with van der Waals surface area (Å²) < 4.78 is 1.79. The van der Waals surface area contributed by atoms with E-state index in [0.29, 0.717) is 5.56 Å². The first-order valence-corrected chi connectivity index (χ1v) is 5.95. The van der Waals surface area contributed by atoms with Crippen molar-refractivity contribution in [3.05, 3.63) is 41.6 Å². The van der Waals surface area contributed by atoms with Gasteiger partial charge in [0.05, 0.1) is 11.4 Å². The lowest BCUT2D eigenvalue weighted by Crippen LogP contribution is -2.14. The van der Waals surface area contributed by atoms with Gasteiger partial charge in [-0.25, -0.2) is 4.68 Å². The van der Waals surface area contributed by atoms with Crippen LogP contribution in [0.15, 0.2) is 30.3 Å². The number of nitrogens with zero attached hydrogens (tertiary/aromatic N) is 3. The van der Waals surface area contributed by atoms with Crippen molar-refractivity contribution in [2.45, 2.75) is 26.8 Å². The van der Waals surface area contributed by atoms with Gasteiger partial charge in [-0.15, -0.1) is 0 Å². The second-order valence-corrected chi connectivity index (χ2v) is 4.47. The van der Waals surface area contributed by atoms with Crippen LogP contribution >= 0.6 is 0 Å². The number of aromatic nitrogens is 2. The Kier molecular flexibility index (Phi) is 3.33. The Hall–Kier alpha value is -2.28.